The summed E-state index contributed by atoms with van der Waals surface area (Å²) in [6.07, 6.45) is 17.1. The molecule has 6 rings (SSSR count). The van der Waals surface area contributed by atoms with Gasteiger partial charge in [-0.3, -0.25) is 24.3 Å². The Labute approximate surface area is 498 Å². The average molecular weight is 1160 g/mol. The molecule has 0 unspecified atom stereocenters. The molecule has 0 fully saturated rings. The van der Waals surface area contributed by atoms with Gasteiger partial charge in [0.1, 0.15) is 23.7 Å². The number of amides is 4. The van der Waals surface area contributed by atoms with E-state index in [0.29, 0.717) is 104 Å². The summed E-state index contributed by atoms with van der Waals surface area (Å²) < 4.78 is 6.30. The lowest BCUT2D eigenvalue weighted by molar-refractivity contribution is -0.135. The molecule has 0 aliphatic heterocycles. The fourth-order valence-electron chi connectivity index (χ4n) is 7.61. The molecule has 452 valence electrons. The molecule has 24 nitrogen and oxygen atoms in total. The number of nitrogens with zero attached hydrogens (tertiary/aromatic N) is 11. The molecule has 0 saturated carbocycles. The molecule has 7 N–H and O–H groups in total. The molecule has 0 aliphatic rings. The van der Waals surface area contributed by atoms with Crippen molar-refractivity contribution in [3.8, 4) is 23.7 Å². The third-order valence-electron chi connectivity index (χ3n) is 12.7. The minimum Gasteiger partial charge on any atom is -0.448 e. The number of carbonyl (C=O) groups excluding carboxylic acids is 5. The smallest absolute Gasteiger partial charge is 0.435 e. The molecule has 0 spiro atoms. The van der Waals surface area contributed by atoms with Crippen molar-refractivity contribution in [1.29, 1.82) is 0 Å². The monoisotopic (exact) mass is 1160 g/mol. The highest BCUT2D eigenvalue weighted by molar-refractivity contribution is 5.94. The van der Waals surface area contributed by atoms with Crippen LogP contribution in [0.15, 0.2) is 85.5 Å². The van der Waals surface area contributed by atoms with Gasteiger partial charge in [0.25, 0.3) is 0 Å². The van der Waals surface area contributed by atoms with Gasteiger partial charge in [-0.15, -0.1) is 0 Å². The lowest BCUT2D eigenvalue weighted by atomic mass is 10.2. The normalized spacial score (nSPS) is 11.7. The van der Waals surface area contributed by atoms with Gasteiger partial charge in [0.05, 0.1) is 53.6 Å². The van der Waals surface area contributed by atoms with Gasteiger partial charge in [0, 0.05) is 101 Å². The van der Waals surface area contributed by atoms with Crippen molar-refractivity contribution in [2.75, 3.05) is 109 Å². The minimum absolute atomic E-state index is 0.195. The Bertz CT molecular complexity index is 3370. The zero-order valence-electron chi connectivity index (χ0n) is 50.8. The van der Waals surface area contributed by atoms with Crippen molar-refractivity contribution in [2.24, 2.45) is 0 Å². The average Bonchev–Trinajstić information content (AvgIpc) is 3.30. The Morgan fingerprint density at radius 3 is 1.62 bits per heavy atom. The molecule has 0 aliphatic carbocycles. The van der Waals surface area contributed by atoms with E-state index >= 15 is 0 Å². The summed E-state index contributed by atoms with van der Waals surface area (Å²) in [6.45, 7) is 13.2. The first-order chi connectivity index (χ1) is 40.9. The van der Waals surface area contributed by atoms with Crippen LogP contribution in [0.4, 0.5) is 39.7 Å². The van der Waals surface area contributed by atoms with Crippen molar-refractivity contribution in [2.45, 2.75) is 85.2 Å². The molecule has 4 heterocycles. The molecular weight excluding hydrogens is 1080 g/mol. The summed E-state index contributed by atoms with van der Waals surface area (Å²) in [6, 6.07) is 10.2. The Morgan fingerprint density at radius 1 is 0.647 bits per heavy atom. The molecule has 4 aromatic heterocycles. The van der Waals surface area contributed by atoms with Crippen molar-refractivity contribution in [3.05, 3.63) is 96.6 Å². The second kappa shape index (κ2) is 34.9. The van der Waals surface area contributed by atoms with E-state index in [9.17, 15) is 24.0 Å². The van der Waals surface area contributed by atoms with E-state index in [0.717, 1.165) is 41.4 Å². The van der Waals surface area contributed by atoms with Gasteiger partial charge in [-0.1, -0.05) is 49.7 Å². The molecule has 6 aromatic rings. The number of fused-ring (bicyclic) bond motifs is 2. The molecule has 0 radical (unpaired) electrons. The first-order valence-electron chi connectivity index (χ1n) is 28.5. The Balaban J connectivity index is 0.000000313. The zero-order chi connectivity index (χ0) is 61.7. The second-order valence-electron chi connectivity index (χ2n) is 20.2. The van der Waals surface area contributed by atoms with Crippen LogP contribution in [0.2, 0.25) is 0 Å². The summed E-state index contributed by atoms with van der Waals surface area (Å²) in [4.78, 5) is 86.7. The number of unbranched alkanes of at least 4 members (excludes halogenated alkanes) is 2. The maximum Gasteiger partial charge on any atom is 0.435 e. The molecular formula is C61H82N18O6. The van der Waals surface area contributed by atoms with Crippen LogP contribution >= 0.6 is 0 Å². The van der Waals surface area contributed by atoms with Gasteiger partial charge in [-0.25, -0.2) is 14.8 Å². The van der Waals surface area contributed by atoms with E-state index in [1.54, 1.807) is 77.9 Å². The Kier molecular flexibility index (Phi) is 27.3. The summed E-state index contributed by atoms with van der Waals surface area (Å²) in [5.74, 6) is 13.8. The number of aromatic amines is 1. The summed E-state index contributed by atoms with van der Waals surface area (Å²) in [5, 5.41) is 31.8. The van der Waals surface area contributed by atoms with Crippen molar-refractivity contribution in [3.63, 3.8) is 0 Å². The van der Waals surface area contributed by atoms with Crippen molar-refractivity contribution >= 4 is 86.4 Å². The minimum atomic E-state index is -0.592. The predicted octanol–water partition coefficient (Wildman–Crippen LogP) is 6.74. The van der Waals surface area contributed by atoms with Crippen molar-refractivity contribution in [1.82, 2.24) is 70.1 Å². The zero-order valence-corrected chi connectivity index (χ0v) is 50.8. The molecule has 0 saturated heterocycles. The van der Waals surface area contributed by atoms with Crippen LogP contribution < -0.4 is 31.9 Å². The third-order valence-corrected chi connectivity index (χ3v) is 12.7. The summed E-state index contributed by atoms with van der Waals surface area (Å²) >= 11 is 0. The van der Waals surface area contributed by atoms with Gasteiger partial charge in [-0.05, 0) is 111 Å². The maximum absolute atomic E-state index is 12.5. The second-order valence-corrected chi connectivity index (χ2v) is 20.2. The summed E-state index contributed by atoms with van der Waals surface area (Å²) in [7, 11) is 10.9. The summed E-state index contributed by atoms with van der Waals surface area (Å²) in [5.41, 5.74) is 4.43. The standard InChI is InChI=1S/C32H43N9O4.C29H39N9O2/c1-7-17-33-29-25(13-10-9-11-18-34-30(43)23(3)40(6)28(42)14-12-19-39(4)5)21-35-31(38-29)37-26-16-15-24-22-36-41(27(24)20-26)32(44)45-8-2;1-6-15-30-27-23(19-32-29(35-27)34-24-14-13-22-20-33-36-25(22)18-24)11-8-7-9-16-31-28(40)21(2)38(5)26(39)12-10-17-37(3)4/h12,14-16,20-23H,7-9,11,17-19H2,1-6H3,(H,34,43)(H2,33,35,37,38);10,12-14,18-21H,6-7,9,15-17H2,1-5H3,(H,31,40)(H,33,36)(H2,30,32,34,35)/b14-12+;12-10+/t23-;21-/m00/s1. The number of rotatable bonds is 27. The SMILES string of the molecule is CCCNc1nc(Nc2ccc3cn[nH]c3c2)ncc1C#CCCCNC(=O)[C@H](C)N(C)C(=O)/C=C/CN(C)C.CCCNc1nc(Nc2ccc3cnn(C(=O)OCC)c3c2)ncc1C#CCCCNC(=O)[C@H](C)N(C)C(=O)/C=C/CN(C)C. The largest absolute Gasteiger partial charge is 0.448 e. The van der Waals surface area contributed by atoms with Crippen LogP contribution in [0.3, 0.4) is 0 Å². The lowest BCUT2D eigenvalue weighted by Crippen LogP contribution is -2.45. The fraction of sp³-hybridized carbons (Fsp3) is 0.426. The van der Waals surface area contributed by atoms with E-state index in [1.807, 2.05) is 68.3 Å². The number of nitrogens with one attached hydrogen (secondary N) is 7. The topological polar surface area (TPSA) is 278 Å². The van der Waals surface area contributed by atoms with E-state index in [4.69, 9.17) is 4.74 Å². The van der Waals surface area contributed by atoms with E-state index in [2.05, 4.69) is 105 Å². The first-order valence-corrected chi connectivity index (χ1v) is 28.5. The quantitative estimate of drug-likeness (QED) is 0.0160. The molecule has 2 atom stereocenters. The molecule has 0 bridgehead atoms. The fourth-order valence-corrected chi connectivity index (χ4v) is 7.61. The number of ether oxygens (including phenoxy) is 1. The highest BCUT2D eigenvalue weighted by atomic mass is 16.6. The van der Waals surface area contributed by atoms with Crippen LogP contribution in [0.1, 0.15) is 84.3 Å². The number of H-pyrrole nitrogens is 1. The number of carbonyl (C=O) groups is 5. The van der Waals surface area contributed by atoms with Gasteiger partial charge < -0.3 is 56.2 Å². The van der Waals surface area contributed by atoms with Gasteiger partial charge >= 0.3 is 6.09 Å². The van der Waals surface area contributed by atoms with Crippen molar-refractivity contribution < 1.29 is 28.7 Å². The number of hydrogen-bond acceptors (Lipinski definition) is 18. The predicted molar refractivity (Wildman–Crippen MR) is 335 cm³/mol. The Morgan fingerprint density at radius 2 is 1.14 bits per heavy atom. The number of aromatic nitrogens is 8. The van der Waals surface area contributed by atoms with Crippen LogP contribution in [0.5, 0.6) is 0 Å². The van der Waals surface area contributed by atoms with Gasteiger partial charge in [0.15, 0.2) is 0 Å². The maximum atomic E-state index is 12.5. The third kappa shape index (κ3) is 21.7. The number of hydrogen-bond donors (Lipinski definition) is 7. The van der Waals surface area contributed by atoms with E-state index < -0.39 is 18.2 Å². The molecule has 2 aromatic carbocycles. The molecule has 4 amide bonds. The highest BCUT2D eigenvalue weighted by Gasteiger charge is 2.22. The van der Waals surface area contributed by atoms with Crippen LogP contribution in [0.25, 0.3) is 21.8 Å². The number of benzene rings is 2. The first kappa shape index (κ1) is 66.4. The highest BCUT2D eigenvalue weighted by Crippen LogP contribution is 2.24. The number of likely N-dealkylation sites (N-methyl/N-ethyl adjacent to an activating group) is 4. The molecule has 24 heteroatoms. The Hall–Kier alpha value is -9.39. The lowest BCUT2D eigenvalue weighted by Gasteiger charge is -2.23. The van der Waals surface area contributed by atoms with Crippen LogP contribution in [-0.2, 0) is 23.9 Å². The van der Waals surface area contributed by atoms with Crippen LogP contribution in [-0.4, -0.2) is 189 Å². The van der Waals surface area contributed by atoms with Gasteiger partial charge in [-0.2, -0.15) is 24.8 Å². The van der Waals surface area contributed by atoms with E-state index in [1.165, 1.54) is 26.6 Å². The van der Waals surface area contributed by atoms with Gasteiger partial charge in [0.2, 0.25) is 35.5 Å². The number of anilines is 6. The molecule has 85 heavy (non-hydrogen) atoms. The van der Waals surface area contributed by atoms with E-state index in [-0.39, 0.29) is 30.2 Å². The van der Waals surface area contributed by atoms with Crippen LogP contribution in [0, 0.1) is 23.7 Å².